The van der Waals surface area contributed by atoms with Gasteiger partial charge in [-0.25, -0.2) is 4.98 Å². The molecule has 1 aliphatic rings. The minimum Gasteiger partial charge on any atom is -0.448 e. The monoisotopic (exact) mass is 409 g/mol. The fourth-order valence-corrected chi connectivity index (χ4v) is 5.11. The van der Waals surface area contributed by atoms with E-state index in [0.717, 1.165) is 47.9 Å². The van der Waals surface area contributed by atoms with Gasteiger partial charge in [0.15, 0.2) is 16.5 Å². The van der Waals surface area contributed by atoms with Crippen molar-refractivity contribution in [3.8, 4) is 10.8 Å². The lowest BCUT2D eigenvalue weighted by Gasteiger charge is -2.34. The van der Waals surface area contributed by atoms with Crippen LogP contribution in [0.2, 0.25) is 0 Å². The Morgan fingerprint density at radius 2 is 1.89 bits per heavy atom. The molecule has 0 saturated carbocycles. The van der Waals surface area contributed by atoms with Crippen LogP contribution in [0, 0.1) is 0 Å². The quantitative estimate of drug-likeness (QED) is 0.495. The lowest BCUT2D eigenvalue weighted by molar-refractivity contribution is 0.0600. The third-order valence-electron chi connectivity index (χ3n) is 4.94. The molecular weight excluding hydrogens is 390 g/mol. The SMILES string of the molecule is O=C(c1ccc(-c2nc3ccccc3s2)o1)N1CCN(Cc2cccs2)CC1. The van der Waals surface area contributed by atoms with Crippen LogP contribution in [0.5, 0.6) is 0 Å². The number of thiophene rings is 1. The van der Waals surface area contributed by atoms with Gasteiger partial charge in [0.05, 0.1) is 10.2 Å². The maximum Gasteiger partial charge on any atom is 0.289 e. The van der Waals surface area contributed by atoms with Crippen molar-refractivity contribution in [3.63, 3.8) is 0 Å². The molecular formula is C21H19N3O2S2. The van der Waals surface area contributed by atoms with E-state index in [0.29, 0.717) is 11.5 Å². The van der Waals surface area contributed by atoms with Gasteiger partial charge in [-0.3, -0.25) is 9.69 Å². The van der Waals surface area contributed by atoms with Crippen molar-refractivity contribution in [2.45, 2.75) is 6.54 Å². The third kappa shape index (κ3) is 3.48. The van der Waals surface area contributed by atoms with Crippen LogP contribution in [0.3, 0.4) is 0 Å². The molecule has 0 aliphatic carbocycles. The number of carbonyl (C=O) groups is 1. The van der Waals surface area contributed by atoms with Crippen molar-refractivity contribution in [2.75, 3.05) is 26.2 Å². The number of nitrogens with zero attached hydrogens (tertiary/aromatic N) is 3. The van der Waals surface area contributed by atoms with E-state index in [1.165, 1.54) is 4.88 Å². The van der Waals surface area contributed by atoms with Gasteiger partial charge in [0, 0.05) is 37.6 Å². The molecule has 1 aliphatic heterocycles. The van der Waals surface area contributed by atoms with Gasteiger partial charge in [0.1, 0.15) is 0 Å². The topological polar surface area (TPSA) is 49.6 Å². The number of amides is 1. The first-order chi connectivity index (χ1) is 13.8. The predicted molar refractivity (Wildman–Crippen MR) is 113 cm³/mol. The number of fused-ring (bicyclic) bond motifs is 1. The van der Waals surface area contributed by atoms with Gasteiger partial charge in [-0.05, 0) is 35.7 Å². The summed E-state index contributed by atoms with van der Waals surface area (Å²) in [4.78, 5) is 23.1. The van der Waals surface area contributed by atoms with E-state index in [9.17, 15) is 4.79 Å². The molecule has 3 aromatic heterocycles. The minimum atomic E-state index is -0.0388. The molecule has 4 heterocycles. The van der Waals surface area contributed by atoms with Crippen LogP contribution in [0.1, 0.15) is 15.4 Å². The van der Waals surface area contributed by atoms with E-state index < -0.39 is 0 Å². The number of piperazine rings is 1. The number of para-hydroxylation sites is 1. The number of rotatable bonds is 4. The largest absolute Gasteiger partial charge is 0.448 e. The molecule has 0 unspecified atom stereocenters. The molecule has 5 nitrogen and oxygen atoms in total. The van der Waals surface area contributed by atoms with Crippen LogP contribution in [0.15, 0.2) is 58.3 Å². The Balaban J connectivity index is 1.25. The van der Waals surface area contributed by atoms with E-state index in [2.05, 4.69) is 27.4 Å². The number of hydrogen-bond acceptors (Lipinski definition) is 6. The van der Waals surface area contributed by atoms with E-state index in [-0.39, 0.29) is 5.91 Å². The Morgan fingerprint density at radius 1 is 1.04 bits per heavy atom. The number of benzene rings is 1. The zero-order valence-corrected chi connectivity index (χ0v) is 16.8. The van der Waals surface area contributed by atoms with Crippen LogP contribution >= 0.6 is 22.7 Å². The second-order valence-electron chi connectivity index (χ2n) is 6.80. The second kappa shape index (κ2) is 7.50. The first-order valence-corrected chi connectivity index (χ1v) is 11.0. The fraction of sp³-hybridized carbons (Fsp3) is 0.238. The summed E-state index contributed by atoms with van der Waals surface area (Å²) in [5, 5.41) is 2.91. The molecule has 7 heteroatoms. The molecule has 1 aromatic carbocycles. The highest BCUT2D eigenvalue weighted by molar-refractivity contribution is 7.21. The van der Waals surface area contributed by atoms with Gasteiger partial charge in [-0.2, -0.15) is 0 Å². The van der Waals surface area contributed by atoms with E-state index in [1.54, 1.807) is 28.7 Å². The smallest absolute Gasteiger partial charge is 0.289 e. The van der Waals surface area contributed by atoms with Gasteiger partial charge in [-0.15, -0.1) is 22.7 Å². The molecule has 0 N–H and O–H groups in total. The Kier molecular flexibility index (Phi) is 4.72. The Morgan fingerprint density at radius 3 is 2.68 bits per heavy atom. The highest BCUT2D eigenvalue weighted by Crippen LogP contribution is 2.31. The van der Waals surface area contributed by atoms with E-state index >= 15 is 0 Å². The van der Waals surface area contributed by atoms with Crippen LogP contribution < -0.4 is 0 Å². The lowest BCUT2D eigenvalue weighted by atomic mass is 10.2. The number of furan rings is 1. The lowest BCUT2D eigenvalue weighted by Crippen LogP contribution is -2.48. The maximum atomic E-state index is 12.8. The number of aromatic nitrogens is 1. The number of carbonyl (C=O) groups excluding carboxylic acids is 1. The van der Waals surface area contributed by atoms with Crippen LogP contribution in [-0.4, -0.2) is 46.9 Å². The molecule has 1 fully saturated rings. The summed E-state index contributed by atoms with van der Waals surface area (Å²) < 4.78 is 6.99. The first kappa shape index (κ1) is 17.6. The zero-order valence-electron chi connectivity index (χ0n) is 15.2. The fourth-order valence-electron chi connectivity index (χ4n) is 3.43. The van der Waals surface area contributed by atoms with Crippen molar-refractivity contribution >= 4 is 38.8 Å². The Hall–Kier alpha value is -2.48. The highest BCUT2D eigenvalue weighted by atomic mass is 32.1. The molecule has 28 heavy (non-hydrogen) atoms. The van der Waals surface area contributed by atoms with Gasteiger partial charge in [0.2, 0.25) is 0 Å². The molecule has 0 spiro atoms. The standard InChI is InChI=1S/C21H19N3O2S2/c25-21(24-11-9-23(10-12-24)14-15-4-3-13-27-15)18-8-7-17(26-18)20-22-16-5-1-2-6-19(16)28-20/h1-8,13H,9-12,14H2. The third-order valence-corrected chi connectivity index (χ3v) is 6.85. The molecule has 142 valence electrons. The Bertz CT molecular complexity index is 1060. The zero-order chi connectivity index (χ0) is 18.9. The predicted octanol–water partition coefficient (Wildman–Crippen LogP) is 4.58. The van der Waals surface area contributed by atoms with Gasteiger partial charge in [0.25, 0.3) is 5.91 Å². The number of hydrogen-bond donors (Lipinski definition) is 0. The van der Waals surface area contributed by atoms with Crippen molar-refractivity contribution in [2.24, 2.45) is 0 Å². The first-order valence-electron chi connectivity index (χ1n) is 9.26. The highest BCUT2D eigenvalue weighted by Gasteiger charge is 2.25. The maximum absolute atomic E-state index is 12.8. The summed E-state index contributed by atoms with van der Waals surface area (Å²) in [7, 11) is 0. The molecule has 5 rings (SSSR count). The molecule has 1 saturated heterocycles. The number of thiazole rings is 1. The summed E-state index contributed by atoms with van der Waals surface area (Å²) in [6, 6.07) is 15.9. The molecule has 1 amide bonds. The van der Waals surface area contributed by atoms with Gasteiger partial charge >= 0.3 is 0 Å². The van der Waals surface area contributed by atoms with Gasteiger partial charge < -0.3 is 9.32 Å². The van der Waals surface area contributed by atoms with Crippen molar-refractivity contribution in [3.05, 3.63) is 64.5 Å². The van der Waals surface area contributed by atoms with Crippen molar-refractivity contribution < 1.29 is 9.21 Å². The second-order valence-corrected chi connectivity index (χ2v) is 8.86. The van der Waals surface area contributed by atoms with Crippen molar-refractivity contribution in [1.82, 2.24) is 14.8 Å². The van der Waals surface area contributed by atoms with Gasteiger partial charge in [-0.1, -0.05) is 18.2 Å². The van der Waals surface area contributed by atoms with E-state index in [1.807, 2.05) is 35.2 Å². The van der Waals surface area contributed by atoms with Crippen LogP contribution in [0.4, 0.5) is 0 Å². The Labute approximate surface area is 170 Å². The summed E-state index contributed by atoms with van der Waals surface area (Å²) in [6.45, 7) is 4.18. The summed E-state index contributed by atoms with van der Waals surface area (Å²) in [5.74, 6) is 1.00. The van der Waals surface area contributed by atoms with Crippen molar-refractivity contribution in [1.29, 1.82) is 0 Å². The average molecular weight is 410 g/mol. The normalized spacial score (nSPS) is 15.4. The molecule has 0 radical (unpaired) electrons. The van der Waals surface area contributed by atoms with Crippen LogP contribution in [-0.2, 0) is 6.54 Å². The molecule has 0 atom stereocenters. The molecule has 0 bridgehead atoms. The van der Waals surface area contributed by atoms with E-state index in [4.69, 9.17) is 4.42 Å². The summed E-state index contributed by atoms with van der Waals surface area (Å²) >= 11 is 3.36. The summed E-state index contributed by atoms with van der Waals surface area (Å²) in [5.41, 5.74) is 0.952. The minimum absolute atomic E-state index is 0.0388. The average Bonchev–Trinajstić information content (AvgIpc) is 3.47. The van der Waals surface area contributed by atoms with Crippen LogP contribution in [0.25, 0.3) is 21.0 Å². The molecule has 4 aromatic rings. The summed E-state index contributed by atoms with van der Waals surface area (Å²) in [6.07, 6.45) is 0.